The number of esters is 2. The highest BCUT2D eigenvalue weighted by molar-refractivity contribution is 5.87. The third kappa shape index (κ3) is 3.46. The van der Waals surface area contributed by atoms with Crippen molar-refractivity contribution >= 4 is 11.9 Å². The first-order valence-corrected chi connectivity index (χ1v) is 7.71. The maximum absolute atomic E-state index is 11.9. The van der Waals surface area contributed by atoms with Gasteiger partial charge in [-0.1, -0.05) is 13.0 Å². The predicted molar refractivity (Wildman–Crippen MR) is 78.7 cm³/mol. The third-order valence-corrected chi connectivity index (χ3v) is 4.67. The molecule has 21 heavy (non-hydrogen) atoms. The van der Waals surface area contributed by atoms with Gasteiger partial charge >= 0.3 is 11.9 Å². The lowest BCUT2D eigenvalue weighted by Crippen LogP contribution is -2.46. The molecule has 118 valence electrons. The van der Waals surface area contributed by atoms with Crippen LogP contribution in [0.1, 0.15) is 46.5 Å². The van der Waals surface area contributed by atoms with Crippen molar-refractivity contribution in [3.8, 4) is 0 Å². The summed E-state index contributed by atoms with van der Waals surface area (Å²) >= 11 is 0. The Bertz CT molecular complexity index is 446. The van der Waals surface area contributed by atoms with Crippen LogP contribution in [0.15, 0.2) is 11.6 Å². The van der Waals surface area contributed by atoms with Gasteiger partial charge in [-0.2, -0.15) is 0 Å². The fraction of sp³-hybridized carbons (Fsp3) is 0.750. The average molecular weight is 295 g/mol. The van der Waals surface area contributed by atoms with Crippen molar-refractivity contribution in [2.45, 2.75) is 70.7 Å². The molecule has 2 heterocycles. The Morgan fingerprint density at radius 3 is 2.57 bits per heavy atom. The lowest BCUT2D eigenvalue weighted by atomic mass is 10.00. The minimum atomic E-state index is -0.242. The lowest BCUT2D eigenvalue weighted by Gasteiger charge is -2.36. The standard InChI is InChI=1S/C16H25NO4/c1-5-10(3)16(19)20-12-7-11-8-14(21-15(18)6-2)13(9-12)17(11)4/h5,11-14H,6-9H2,1-4H3/b10-5+/t11-,12-,13+,14-/m1/s1. The van der Waals surface area contributed by atoms with E-state index in [0.717, 1.165) is 19.3 Å². The molecule has 4 atom stereocenters. The Morgan fingerprint density at radius 2 is 1.95 bits per heavy atom. The molecule has 0 aromatic heterocycles. The second-order valence-corrected chi connectivity index (χ2v) is 5.97. The van der Waals surface area contributed by atoms with Crippen LogP contribution in [0.5, 0.6) is 0 Å². The molecule has 0 spiro atoms. The zero-order chi connectivity index (χ0) is 15.6. The van der Waals surface area contributed by atoms with Crippen molar-refractivity contribution in [2.24, 2.45) is 0 Å². The zero-order valence-electron chi connectivity index (χ0n) is 13.3. The minimum absolute atomic E-state index is 0.0704. The molecule has 0 radical (unpaired) electrons. The van der Waals surface area contributed by atoms with Gasteiger partial charge in [0, 0.05) is 37.3 Å². The minimum Gasteiger partial charge on any atom is -0.461 e. The van der Waals surface area contributed by atoms with Crippen molar-refractivity contribution in [2.75, 3.05) is 7.05 Å². The van der Waals surface area contributed by atoms with Gasteiger partial charge in [-0.3, -0.25) is 9.69 Å². The molecule has 0 amide bonds. The average Bonchev–Trinajstić information content (AvgIpc) is 2.64. The highest BCUT2D eigenvalue weighted by Crippen LogP contribution is 2.37. The Labute approximate surface area is 126 Å². The van der Waals surface area contributed by atoms with E-state index in [0.29, 0.717) is 18.0 Å². The Balaban J connectivity index is 1.98. The van der Waals surface area contributed by atoms with Crippen molar-refractivity contribution in [3.05, 3.63) is 11.6 Å². The molecule has 2 aliphatic rings. The van der Waals surface area contributed by atoms with Crippen molar-refractivity contribution in [1.82, 2.24) is 4.90 Å². The zero-order valence-corrected chi connectivity index (χ0v) is 13.3. The maximum atomic E-state index is 11.9. The molecule has 2 saturated heterocycles. The van der Waals surface area contributed by atoms with Crippen LogP contribution in [0.4, 0.5) is 0 Å². The van der Waals surface area contributed by atoms with Gasteiger partial charge in [0.1, 0.15) is 12.2 Å². The molecule has 0 N–H and O–H groups in total. The van der Waals surface area contributed by atoms with E-state index in [1.165, 1.54) is 0 Å². The van der Waals surface area contributed by atoms with Crippen molar-refractivity contribution < 1.29 is 19.1 Å². The highest BCUT2D eigenvalue weighted by Gasteiger charge is 2.47. The summed E-state index contributed by atoms with van der Waals surface area (Å²) in [5.74, 6) is -0.396. The first-order chi connectivity index (χ1) is 9.96. The van der Waals surface area contributed by atoms with Gasteiger partial charge < -0.3 is 9.47 Å². The number of piperidine rings is 1. The molecule has 2 fully saturated rings. The van der Waals surface area contributed by atoms with E-state index >= 15 is 0 Å². The van der Waals surface area contributed by atoms with Crippen LogP contribution >= 0.6 is 0 Å². The third-order valence-electron chi connectivity index (χ3n) is 4.67. The Hall–Kier alpha value is -1.36. The largest absolute Gasteiger partial charge is 0.461 e. The van der Waals surface area contributed by atoms with E-state index in [-0.39, 0.29) is 30.2 Å². The molecule has 5 nitrogen and oxygen atoms in total. The van der Waals surface area contributed by atoms with Crippen LogP contribution in [0.25, 0.3) is 0 Å². The number of rotatable bonds is 4. The van der Waals surface area contributed by atoms with Crippen LogP contribution in [0.3, 0.4) is 0 Å². The molecule has 2 bridgehead atoms. The summed E-state index contributed by atoms with van der Waals surface area (Å²) in [6.45, 7) is 5.39. The Morgan fingerprint density at radius 1 is 1.24 bits per heavy atom. The molecule has 2 rings (SSSR count). The number of ether oxygens (including phenoxy) is 2. The van der Waals surface area contributed by atoms with E-state index in [1.807, 2.05) is 6.92 Å². The molecule has 5 heteroatoms. The molecular formula is C16H25NO4. The van der Waals surface area contributed by atoms with Crippen LogP contribution in [0.2, 0.25) is 0 Å². The molecule has 2 aliphatic heterocycles. The number of likely N-dealkylation sites (N-methyl/N-ethyl adjacent to an activating group) is 1. The SMILES string of the molecule is C/C=C(\C)C(=O)O[C@@H]1C[C@@H]2C[C@@H](OC(=O)CC)[C@H](C1)N2C. The number of allylic oxidation sites excluding steroid dienone is 1. The topological polar surface area (TPSA) is 55.8 Å². The number of nitrogens with zero attached hydrogens (tertiary/aromatic N) is 1. The molecule has 0 aromatic carbocycles. The lowest BCUT2D eigenvalue weighted by molar-refractivity contribution is -0.153. The molecular weight excluding hydrogens is 270 g/mol. The summed E-state index contributed by atoms with van der Waals surface area (Å²) in [7, 11) is 2.06. The van der Waals surface area contributed by atoms with Crippen LogP contribution < -0.4 is 0 Å². The molecule has 0 aliphatic carbocycles. The highest BCUT2D eigenvalue weighted by atomic mass is 16.6. The van der Waals surface area contributed by atoms with Crippen LogP contribution in [0, 0.1) is 0 Å². The fourth-order valence-electron chi connectivity index (χ4n) is 3.21. The van der Waals surface area contributed by atoms with E-state index in [9.17, 15) is 9.59 Å². The summed E-state index contributed by atoms with van der Waals surface area (Å²) in [6, 6.07) is 0.477. The quantitative estimate of drug-likeness (QED) is 0.587. The Kier molecular flexibility index (Phi) is 5.04. The monoisotopic (exact) mass is 295 g/mol. The second kappa shape index (κ2) is 6.60. The summed E-state index contributed by atoms with van der Waals surface area (Å²) in [5, 5.41) is 0. The van der Waals surface area contributed by atoms with Crippen molar-refractivity contribution in [1.29, 1.82) is 0 Å². The van der Waals surface area contributed by atoms with E-state index in [4.69, 9.17) is 9.47 Å². The number of hydrogen-bond acceptors (Lipinski definition) is 5. The summed E-state index contributed by atoms with van der Waals surface area (Å²) < 4.78 is 11.1. The number of carbonyl (C=O) groups excluding carboxylic acids is 2. The first-order valence-electron chi connectivity index (χ1n) is 7.71. The smallest absolute Gasteiger partial charge is 0.333 e. The van der Waals surface area contributed by atoms with Crippen LogP contribution in [-0.2, 0) is 19.1 Å². The van der Waals surface area contributed by atoms with Crippen LogP contribution in [-0.4, -0.2) is 48.2 Å². The number of hydrogen-bond donors (Lipinski definition) is 0. The second-order valence-electron chi connectivity index (χ2n) is 5.97. The van der Waals surface area contributed by atoms with Gasteiger partial charge in [0.15, 0.2) is 0 Å². The first kappa shape index (κ1) is 16.0. The summed E-state index contributed by atoms with van der Waals surface area (Å²) in [4.78, 5) is 25.7. The van der Waals surface area contributed by atoms with Crippen molar-refractivity contribution in [3.63, 3.8) is 0 Å². The van der Waals surface area contributed by atoms with Gasteiger partial charge in [-0.25, -0.2) is 4.79 Å². The number of fused-ring (bicyclic) bond motifs is 2. The van der Waals surface area contributed by atoms with Gasteiger partial charge in [0.05, 0.1) is 6.04 Å². The number of carbonyl (C=O) groups is 2. The normalized spacial score (nSPS) is 32.9. The van der Waals surface area contributed by atoms with E-state index in [1.54, 1.807) is 19.9 Å². The summed E-state index contributed by atoms with van der Waals surface area (Å²) in [5.41, 5.74) is 0.634. The van der Waals surface area contributed by atoms with Gasteiger partial charge in [0.25, 0.3) is 0 Å². The molecule has 0 aromatic rings. The predicted octanol–water partition coefficient (Wildman–Crippen LogP) is 2.05. The fourth-order valence-corrected chi connectivity index (χ4v) is 3.21. The molecule has 0 unspecified atom stereocenters. The van der Waals surface area contributed by atoms with Gasteiger partial charge in [0.2, 0.25) is 0 Å². The van der Waals surface area contributed by atoms with Gasteiger partial charge in [-0.15, -0.1) is 0 Å². The summed E-state index contributed by atoms with van der Waals surface area (Å²) in [6.07, 6.45) is 4.40. The van der Waals surface area contributed by atoms with E-state index < -0.39 is 0 Å². The molecule has 0 saturated carbocycles. The van der Waals surface area contributed by atoms with Gasteiger partial charge in [-0.05, 0) is 20.9 Å². The maximum Gasteiger partial charge on any atom is 0.333 e. The van der Waals surface area contributed by atoms with E-state index in [2.05, 4.69) is 11.9 Å².